The van der Waals surface area contributed by atoms with Crippen LogP contribution in [0.15, 0.2) is 51.6 Å². The highest BCUT2D eigenvalue weighted by molar-refractivity contribution is 5.97. The van der Waals surface area contributed by atoms with Crippen LogP contribution in [0, 0.1) is 0 Å². The van der Waals surface area contributed by atoms with Gasteiger partial charge in [-0.25, -0.2) is 4.98 Å². The molecular weight excluding hydrogens is 365 g/mol. The van der Waals surface area contributed by atoms with Gasteiger partial charge < -0.3 is 19.2 Å². The van der Waals surface area contributed by atoms with Gasteiger partial charge in [-0.15, -0.1) is 0 Å². The second-order valence-electron chi connectivity index (χ2n) is 5.66. The Morgan fingerprint density at radius 1 is 1.19 bits per heavy atom. The first-order valence-electron chi connectivity index (χ1n) is 7.75. The zero-order chi connectivity index (χ0) is 19.0. The Bertz CT molecular complexity index is 1100. The highest BCUT2D eigenvalue weighted by Crippen LogP contribution is 2.28. The maximum absolute atomic E-state index is 12.7. The molecule has 10 heteroatoms. The van der Waals surface area contributed by atoms with E-state index in [4.69, 9.17) is 8.94 Å². The summed E-state index contributed by atoms with van der Waals surface area (Å²) in [7, 11) is 0. The van der Waals surface area contributed by atoms with E-state index in [-0.39, 0.29) is 23.1 Å². The molecule has 0 radical (unpaired) electrons. The molecule has 0 atom stereocenters. The Morgan fingerprint density at radius 3 is 2.78 bits per heavy atom. The average molecular weight is 376 g/mol. The molecule has 0 saturated heterocycles. The van der Waals surface area contributed by atoms with Gasteiger partial charge in [-0.1, -0.05) is 5.16 Å². The van der Waals surface area contributed by atoms with Crippen molar-refractivity contribution in [2.75, 3.05) is 0 Å². The molecule has 1 amide bonds. The van der Waals surface area contributed by atoms with Crippen molar-refractivity contribution in [2.24, 2.45) is 0 Å². The van der Waals surface area contributed by atoms with Crippen LogP contribution in [-0.4, -0.2) is 21.0 Å². The SMILES string of the molecule is O=C(NCc1cc(-c2ccco2)on1)c1ccc2nc(C(F)(F)F)[nH]c2c1. The summed E-state index contributed by atoms with van der Waals surface area (Å²) in [5.74, 6) is -0.654. The van der Waals surface area contributed by atoms with Gasteiger partial charge in [0.1, 0.15) is 5.69 Å². The number of rotatable bonds is 4. The molecule has 27 heavy (non-hydrogen) atoms. The van der Waals surface area contributed by atoms with E-state index in [1.54, 1.807) is 18.2 Å². The zero-order valence-corrected chi connectivity index (χ0v) is 13.5. The summed E-state index contributed by atoms with van der Waals surface area (Å²) >= 11 is 0. The third-order valence-electron chi connectivity index (χ3n) is 3.77. The van der Waals surface area contributed by atoms with Gasteiger partial charge in [-0.3, -0.25) is 4.79 Å². The molecule has 0 saturated carbocycles. The number of benzene rings is 1. The van der Waals surface area contributed by atoms with E-state index in [1.807, 2.05) is 0 Å². The minimum atomic E-state index is -4.58. The van der Waals surface area contributed by atoms with Crippen LogP contribution in [-0.2, 0) is 12.7 Å². The molecule has 138 valence electrons. The molecule has 2 N–H and O–H groups in total. The van der Waals surface area contributed by atoms with Crippen molar-refractivity contribution in [2.45, 2.75) is 12.7 Å². The van der Waals surface area contributed by atoms with Crippen LogP contribution in [0.5, 0.6) is 0 Å². The van der Waals surface area contributed by atoms with Gasteiger partial charge in [0.25, 0.3) is 5.91 Å². The molecule has 0 fully saturated rings. The summed E-state index contributed by atoms with van der Waals surface area (Å²) in [4.78, 5) is 17.9. The predicted octanol–water partition coefficient (Wildman–Crippen LogP) is 3.76. The predicted molar refractivity (Wildman–Crippen MR) is 86.5 cm³/mol. The van der Waals surface area contributed by atoms with Crippen molar-refractivity contribution in [1.29, 1.82) is 0 Å². The standard InChI is InChI=1S/C17H11F3N4O3/c18-17(19,20)16-22-11-4-3-9(6-12(11)23-16)15(25)21-8-10-7-14(27-24-10)13-2-1-5-26-13/h1-7H,8H2,(H,21,25)(H,22,23). The van der Waals surface area contributed by atoms with E-state index in [1.165, 1.54) is 24.5 Å². The number of aromatic amines is 1. The topological polar surface area (TPSA) is 97.0 Å². The number of H-pyrrole nitrogens is 1. The molecule has 3 aromatic heterocycles. The number of carbonyl (C=O) groups is 1. The molecule has 0 aliphatic carbocycles. The third kappa shape index (κ3) is 3.41. The maximum Gasteiger partial charge on any atom is 0.449 e. The van der Waals surface area contributed by atoms with Crippen LogP contribution in [0.1, 0.15) is 21.9 Å². The number of furan rings is 1. The number of nitrogens with one attached hydrogen (secondary N) is 2. The fourth-order valence-corrected chi connectivity index (χ4v) is 2.49. The molecular formula is C17H11F3N4O3. The van der Waals surface area contributed by atoms with Crippen molar-refractivity contribution >= 4 is 16.9 Å². The molecule has 4 rings (SSSR count). The lowest BCUT2D eigenvalue weighted by atomic mass is 10.2. The zero-order valence-electron chi connectivity index (χ0n) is 13.5. The molecule has 7 nitrogen and oxygen atoms in total. The maximum atomic E-state index is 12.7. The van der Waals surface area contributed by atoms with E-state index in [9.17, 15) is 18.0 Å². The smallest absolute Gasteiger partial charge is 0.449 e. The van der Waals surface area contributed by atoms with E-state index < -0.39 is 17.9 Å². The van der Waals surface area contributed by atoms with Crippen molar-refractivity contribution in [1.82, 2.24) is 20.4 Å². The molecule has 0 spiro atoms. The van der Waals surface area contributed by atoms with Gasteiger partial charge in [-0.05, 0) is 30.3 Å². The fraction of sp³-hybridized carbons (Fsp3) is 0.118. The van der Waals surface area contributed by atoms with Gasteiger partial charge in [0.2, 0.25) is 11.6 Å². The van der Waals surface area contributed by atoms with Crippen LogP contribution in [0.3, 0.4) is 0 Å². The first kappa shape index (κ1) is 16.9. The molecule has 3 heterocycles. The number of halogens is 3. The van der Waals surface area contributed by atoms with E-state index in [0.717, 1.165) is 0 Å². The van der Waals surface area contributed by atoms with Gasteiger partial charge >= 0.3 is 6.18 Å². The molecule has 4 aromatic rings. The molecule has 0 aliphatic rings. The van der Waals surface area contributed by atoms with Crippen LogP contribution >= 0.6 is 0 Å². The number of nitrogens with zero attached hydrogens (tertiary/aromatic N) is 2. The Morgan fingerprint density at radius 2 is 2.04 bits per heavy atom. The molecule has 1 aromatic carbocycles. The number of hydrogen-bond acceptors (Lipinski definition) is 5. The Balaban J connectivity index is 1.46. The normalized spacial score (nSPS) is 11.8. The van der Waals surface area contributed by atoms with Gasteiger partial charge in [0, 0.05) is 11.6 Å². The van der Waals surface area contributed by atoms with Crippen molar-refractivity contribution < 1.29 is 26.9 Å². The number of hydrogen-bond donors (Lipinski definition) is 2. The molecule has 0 aliphatic heterocycles. The Kier molecular flexibility index (Phi) is 3.94. The lowest BCUT2D eigenvalue weighted by molar-refractivity contribution is -0.144. The largest absolute Gasteiger partial charge is 0.461 e. The van der Waals surface area contributed by atoms with Crippen LogP contribution in [0.2, 0.25) is 0 Å². The highest BCUT2D eigenvalue weighted by atomic mass is 19.4. The monoisotopic (exact) mass is 376 g/mol. The van der Waals surface area contributed by atoms with Gasteiger partial charge in [-0.2, -0.15) is 13.2 Å². The lowest BCUT2D eigenvalue weighted by Crippen LogP contribution is -2.22. The van der Waals surface area contributed by atoms with Crippen molar-refractivity contribution in [3.63, 3.8) is 0 Å². The minimum absolute atomic E-state index is 0.0812. The molecule has 0 bridgehead atoms. The minimum Gasteiger partial charge on any atom is -0.461 e. The number of fused-ring (bicyclic) bond motifs is 1. The average Bonchev–Trinajstić information content (AvgIpc) is 3.37. The quantitative estimate of drug-likeness (QED) is 0.565. The third-order valence-corrected chi connectivity index (χ3v) is 3.77. The summed E-state index contributed by atoms with van der Waals surface area (Å²) in [6.07, 6.45) is -3.09. The second-order valence-corrected chi connectivity index (χ2v) is 5.66. The van der Waals surface area contributed by atoms with Crippen LogP contribution in [0.4, 0.5) is 13.2 Å². The lowest BCUT2D eigenvalue weighted by Gasteiger charge is -2.02. The Hall–Kier alpha value is -3.56. The van der Waals surface area contributed by atoms with Crippen LogP contribution in [0.25, 0.3) is 22.6 Å². The first-order chi connectivity index (χ1) is 12.9. The number of alkyl halides is 3. The van der Waals surface area contributed by atoms with Gasteiger partial charge in [0.05, 0.1) is 23.8 Å². The number of carbonyl (C=O) groups excluding carboxylic acids is 1. The molecule has 0 unspecified atom stereocenters. The summed E-state index contributed by atoms with van der Waals surface area (Å²) in [6.45, 7) is 0.0812. The van der Waals surface area contributed by atoms with E-state index >= 15 is 0 Å². The second kappa shape index (κ2) is 6.31. The summed E-state index contributed by atoms with van der Waals surface area (Å²) < 4.78 is 48.4. The van der Waals surface area contributed by atoms with Crippen molar-refractivity contribution in [3.05, 3.63) is 59.7 Å². The number of aromatic nitrogens is 3. The first-order valence-corrected chi connectivity index (χ1v) is 7.75. The number of amides is 1. The van der Waals surface area contributed by atoms with Crippen molar-refractivity contribution in [3.8, 4) is 11.5 Å². The fourth-order valence-electron chi connectivity index (χ4n) is 2.49. The van der Waals surface area contributed by atoms with Crippen LogP contribution < -0.4 is 5.32 Å². The van der Waals surface area contributed by atoms with Gasteiger partial charge in [0.15, 0.2) is 5.76 Å². The highest BCUT2D eigenvalue weighted by Gasteiger charge is 2.34. The Labute approximate surface area is 149 Å². The van der Waals surface area contributed by atoms with E-state index in [0.29, 0.717) is 17.2 Å². The van der Waals surface area contributed by atoms with E-state index in [2.05, 4.69) is 20.4 Å². The summed E-state index contributed by atoms with van der Waals surface area (Å²) in [5.41, 5.74) is 0.904. The summed E-state index contributed by atoms with van der Waals surface area (Å²) in [6, 6.07) is 9.08. The summed E-state index contributed by atoms with van der Waals surface area (Å²) in [5, 5.41) is 6.45. The number of imidazole rings is 1.